The third kappa shape index (κ3) is 1.94. The summed E-state index contributed by atoms with van der Waals surface area (Å²) in [4.78, 5) is 0. The van der Waals surface area contributed by atoms with Crippen LogP contribution in [0.15, 0.2) is 24.3 Å². The number of hydrogen-bond donors (Lipinski definition) is 1. The third-order valence-electron chi connectivity index (χ3n) is 6.62. The molecule has 3 rings (SSSR count). The zero-order valence-electron chi connectivity index (χ0n) is 13.0. The van der Waals surface area contributed by atoms with E-state index in [4.69, 9.17) is 11.6 Å². The van der Waals surface area contributed by atoms with Crippen LogP contribution in [-0.4, -0.2) is 6.04 Å². The van der Waals surface area contributed by atoms with Gasteiger partial charge in [-0.3, -0.25) is 0 Å². The first-order valence-electron chi connectivity index (χ1n) is 7.87. The molecule has 2 fully saturated rings. The molecule has 1 aromatic carbocycles. The van der Waals surface area contributed by atoms with Gasteiger partial charge >= 0.3 is 0 Å². The maximum Gasteiger partial charge on any atom is 0.0453 e. The third-order valence-corrected chi connectivity index (χ3v) is 6.96. The van der Waals surface area contributed by atoms with Crippen molar-refractivity contribution in [3.8, 4) is 0 Å². The van der Waals surface area contributed by atoms with E-state index in [-0.39, 0.29) is 0 Å². The van der Waals surface area contributed by atoms with Crippen molar-refractivity contribution in [2.45, 2.75) is 59.0 Å². The average molecular weight is 292 g/mol. The largest absolute Gasteiger partial charge is 0.307 e. The Morgan fingerprint density at radius 3 is 2.50 bits per heavy atom. The fourth-order valence-electron chi connectivity index (χ4n) is 4.67. The number of rotatable bonds is 3. The molecule has 0 radical (unpaired) electrons. The molecule has 0 spiro atoms. The summed E-state index contributed by atoms with van der Waals surface area (Å²) in [7, 11) is 0. The quantitative estimate of drug-likeness (QED) is 0.806. The molecule has 3 unspecified atom stereocenters. The van der Waals surface area contributed by atoms with E-state index in [2.05, 4.69) is 45.1 Å². The first kappa shape index (κ1) is 14.4. The predicted octanol–water partition coefficient (Wildman–Crippen LogP) is 5.21. The minimum atomic E-state index is 0.320. The second kappa shape index (κ2) is 4.74. The molecule has 20 heavy (non-hydrogen) atoms. The number of halogens is 1. The number of fused-ring (bicyclic) bond motifs is 2. The standard InChI is InChI=1S/C18H26ClN/c1-12(14-7-5-6-8-15(14)19)20-16-11-13-9-10-18(16,4)17(13,2)3/h5-8,12-13,16,20H,9-11H2,1-4H3/t12-,13?,16?,18?/m0/s1. The van der Waals surface area contributed by atoms with Gasteiger partial charge in [-0.15, -0.1) is 0 Å². The van der Waals surface area contributed by atoms with E-state index >= 15 is 0 Å². The second-order valence-electron chi connectivity index (χ2n) is 7.57. The minimum Gasteiger partial charge on any atom is -0.307 e. The molecule has 0 saturated heterocycles. The van der Waals surface area contributed by atoms with Crippen molar-refractivity contribution in [1.82, 2.24) is 5.32 Å². The molecule has 0 amide bonds. The van der Waals surface area contributed by atoms with Gasteiger partial charge in [-0.2, -0.15) is 0 Å². The Morgan fingerprint density at radius 1 is 1.25 bits per heavy atom. The molecule has 2 saturated carbocycles. The molecule has 0 aliphatic heterocycles. The van der Waals surface area contributed by atoms with Gasteiger partial charge in [-0.05, 0) is 54.6 Å². The van der Waals surface area contributed by atoms with Gasteiger partial charge in [0.05, 0.1) is 0 Å². The van der Waals surface area contributed by atoms with Crippen molar-refractivity contribution in [2.24, 2.45) is 16.7 Å². The van der Waals surface area contributed by atoms with Crippen LogP contribution in [0.25, 0.3) is 0 Å². The molecule has 0 aromatic heterocycles. The van der Waals surface area contributed by atoms with Gasteiger partial charge in [0.15, 0.2) is 0 Å². The molecular weight excluding hydrogens is 266 g/mol. The Morgan fingerprint density at radius 2 is 1.95 bits per heavy atom. The molecule has 2 aliphatic rings. The van der Waals surface area contributed by atoms with Crippen molar-refractivity contribution in [3.63, 3.8) is 0 Å². The van der Waals surface area contributed by atoms with Gasteiger partial charge < -0.3 is 5.32 Å². The molecule has 2 bridgehead atoms. The molecule has 1 nitrogen and oxygen atoms in total. The first-order valence-corrected chi connectivity index (χ1v) is 8.24. The van der Waals surface area contributed by atoms with Gasteiger partial charge in [0.1, 0.15) is 0 Å². The summed E-state index contributed by atoms with van der Waals surface area (Å²) in [6.45, 7) is 9.65. The summed E-state index contributed by atoms with van der Waals surface area (Å²) in [6.07, 6.45) is 4.08. The Hall–Kier alpha value is -0.530. The highest BCUT2D eigenvalue weighted by molar-refractivity contribution is 6.31. The zero-order valence-corrected chi connectivity index (χ0v) is 13.8. The molecule has 4 atom stereocenters. The normalized spacial score (nSPS) is 36.2. The van der Waals surface area contributed by atoms with E-state index in [1.165, 1.54) is 24.8 Å². The molecule has 0 heterocycles. The van der Waals surface area contributed by atoms with Crippen LogP contribution in [0.2, 0.25) is 5.02 Å². The summed E-state index contributed by atoms with van der Waals surface area (Å²) in [5.74, 6) is 0.878. The predicted molar refractivity (Wildman–Crippen MR) is 86.0 cm³/mol. The molecule has 1 aromatic rings. The summed E-state index contributed by atoms with van der Waals surface area (Å²) < 4.78 is 0. The average Bonchev–Trinajstić information content (AvgIpc) is 2.72. The smallest absolute Gasteiger partial charge is 0.0453 e. The number of benzene rings is 1. The zero-order chi connectivity index (χ0) is 14.5. The van der Waals surface area contributed by atoms with Gasteiger partial charge in [0.2, 0.25) is 0 Å². The molecular formula is C18H26ClN. The van der Waals surface area contributed by atoms with Gasteiger partial charge in [0.25, 0.3) is 0 Å². The SMILES string of the molecule is C[C@H](NC1CC2CCC1(C)C2(C)C)c1ccccc1Cl. The van der Waals surface area contributed by atoms with Gasteiger partial charge in [0, 0.05) is 17.1 Å². The number of nitrogens with one attached hydrogen (secondary N) is 1. The molecule has 2 heteroatoms. The van der Waals surface area contributed by atoms with E-state index in [0.29, 0.717) is 22.9 Å². The van der Waals surface area contributed by atoms with E-state index in [0.717, 1.165) is 10.9 Å². The summed E-state index contributed by atoms with van der Waals surface area (Å²) >= 11 is 6.33. The fourth-order valence-corrected chi connectivity index (χ4v) is 4.97. The van der Waals surface area contributed by atoms with Crippen molar-refractivity contribution >= 4 is 11.6 Å². The van der Waals surface area contributed by atoms with Crippen LogP contribution in [0.3, 0.4) is 0 Å². The Kier molecular flexibility index (Phi) is 3.42. The van der Waals surface area contributed by atoms with E-state index < -0.39 is 0 Å². The van der Waals surface area contributed by atoms with E-state index in [9.17, 15) is 0 Å². The first-order chi connectivity index (χ1) is 9.36. The van der Waals surface area contributed by atoms with Crippen LogP contribution in [-0.2, 0) is 0 Å². The Labute approximate surface area is 128 Å². The lowest BCUT2D eigenvalue weighted by atomic mass is 9.69. The molecule has 2 aliphatic carbocycles. The van der Waals surface area contributed by atoms with Crippen molar-refractivity contribution < 1.29 is 0 Å². The molecule has 1 N–H and O–H groups in total. The topological polar surface area (TPSA) is 12.0 Å². The minimum absolute atomic E-state index is 0.320. The lowest BCUT2D eigenvalue weighted by Gasteiger charge is -2.41. The second-order valence-corrected chi connectivity index (χ2v) is 7.98. The van der Waals surface area contributed by atoms with E-state index in [1.807, 2.05) is 12.1 Å². The summed E-state index contributed by atoms with van der Waals surface area (Å²) in [6, 6.07) is 9.14. The highest BCUT2D eigenvalue weighted by atomic mass is 35.5. The van der Waals surface area contributed by atoms with E-state index in [1.54, 1.807) is 0 Å². The fraction of sp³-hybridized carbons (Fsp3) is 0.667. The van der Waals surface area contributed by atoms with Crippen molar-refractivity contribution in [1.29, 1.82) is 0 Å². The Balaban J connectivity index is 1.79. The van der Waals surface area contributed by atoms with Crippen LogP contribution in [0.1, 0.15) is 58.6 Å². The van der Waals surface area contributed by atoms with Crippen LogP contribution in [0.4, 0.5) is 0 Å². The van der Waals surface area contributed by atoms with Crippen LogP contribution >= 0.6 is 11.6 Å². The van der Waals surface area contributed by atoms with Gasteiger partial charge in [-0.25, -0.2) is 0 Å². The van der Waals surface area contributed by atoms with Gasteiger partial charge in [-0.1, -0.05) is 50.6 Å². The summed E-state index contributed by atoms with van der Waals surface area (Å²) in [5, 5.41) is 4.75. The highest BCUT2D eigenvalue weighted by Crippen LogP contribution is 2.65. The summed E-state index contributed by atoms with van der Waals surface area (Å²) in [5.41, 5.74) is 2.11. The van der Waals surface area contributed by atoms with Crippen molar-refractivity contribution in [2.75, 3.05) is 0 Å². The maximum atomic E-state index is 6.33. The van der Waals surface area contributed by atoms with Crippen molar-refractivity contribution in [3.05, 3.63) is 34.9 Å². The van der Waals surface area contributed by atoms with Crippen LogP contribution in [0.5, 0.6) is 0 Å². The lowest BCUT2D eigenvalue weighted by molar-refractivity contribution is 0.116. The maximum absolute atomic E-state index is 6.33. The van der Waals surface area contributed by atoms with Crippen LogP contribution < -0.4 is 5.32 Å². The lowest BCUT2D eigenvalue weighted by Crippen LogP contribution is -2.45. The molecule has 110 valence electrons. The Bertz CT molecular complexity index is 510. The monoisotopic (exact) mass is 291 g/mol. The van der Waals surface area contributed by atoms with Crippen LogP contribution in [0, 0.1) is 16.7 Å². The number of hydrogen-bond acceptors (Lipinski definition) is 1. The highest BCUT2D eigenvalue weighted by Gasteiger charge is 2.61.